The van der Waals surface area contributed by atoms with Crippen molar-refractivity contribution in [3.8, 4) is 6.07 Å². The predicted molar refractivity (Wildman–Crippen MR) is 55.7 cm³/mol. The third-order valence-corrected chi connectivity index (χ3v) is 3.52. The maximum Gasteiger partial charge on any atom is 0.0666 e. The Bertz CT molecular complexity index is 233. The minimum atomic E-state index is 0.175. The van der Waals surface area contributed by atoms with E-state index in [9.17, 15) is 0 Å². The number of piperidine rings is 1. The maximum absolute atomic E-state index is 8.81. The molecule has 3 heteroatoms. The highest BCUT2D eigenvalue weighted by molar-refractivity contribution is 4.94. The van der Waals surface area contributed by atoms with E-state index in [4.69, 9.17) is 5.26 Å². The minimum absolute atomic E-state index is 0.175. The zero-order valence-corrected chi connectivity index (χ0v) is 8.87. The predicted octanol–water partition coefficient (Wildman–Crippen LogP) is 0.830. The number of nitrogens with one attached hydrogen (secondary N) is 1. The van der Waals surface area contributed by atoms with Crippen molar-refractivity contribution >= 4 is 0 Å². The van der Waals surface area contributed by atoms with Crippen molar-refractivity contribution in [2.75, 3.05) is 26.2 Å². The van der Waals surface area contributed by atoms with Gasteiger partial charge in [-0.3, -0.25) is 4.90 Å². The summed E-state index contributed by atoms with van der Waals surface area (Å²) in [6.45, 7) is 6.48. The standard InChI is InChI=1S/C11H19N3/c1-9(5-12)8-14-4-2-3-10-6-13-7-11(10)14/h9-11,13H,2-4,6-8H2,1H3/t9?,10-,11+/m1/s1. The van der Waals surface area contributed by atoms with E-state index in [-0.39, 0.29) is 5.92 Å². The van der Waals surface area contributed by atoms with E-state index >= 15 is 0 Å². The normalized spacial score (nSPS) is 34.9. The molecule has 1 N–H and O–H groups in total. The summed E-state index contributed by atoms with van der Waals surface area (Å²) in [7, 11) is 0. The molecule has 0 aromatic heterocycles. The number of nitrogens with zero attached hydrogens (tertiary/aromatic N) is 2. The quantitative estimate of drug-likeness (QED) is 0.706. The van der Waals surface area contributed by atoms with Gasteiger partial charge in [-0.2, -0.15) is 5.26 Å². The molecule has 0 radical (unpaired) electrons. The molecule has 3 nitrogen and oxygen atoms in total. The van der Waals surface area contributed by atoms with E-state index in [2.05, 4.69) is 16.3 Å². The molecule has 3 atom stereocenters. The summed E-state index contributed by atoms with van der Waals surface area (Å²) in [4.78, 5) is 2.52. The summed E-state index contributed by atoms with van der Waals surface area (Å²) in [5.41, 5.74) is 0. The molecule has 2 heterocycles. The van der Waals surface area contributed by atoms with Crippen LogP contribution in [0.3, 0.4) is 0 Å². The molecule has 14 heavy (non-hydrogen) atoms. The average molecular weight is 193 g/mol. The van der Waals surface area contributed by atoms with E-state index in [0.717, 1.165) is 19.0 Å². The van der Waals surface area contributed by atoms with Crippen molar-refractivity contribution in [1.82, 2.24) is 10.2 Å². The molecule has 2 aliphatic rings. The van der Waals surface area contributed by atoms with E-state index in [1.54, 1.807) is 0 Å². The summed E-state index contributed by atoms with van der Waals surface area (Å²) in [6.07, 6.45) is 2.68. The SMILES string of the molecule is CC(C#N)CN1CCC[C@@H]2CNC[C@@H]21. The van der Waals surface area contributed by atoms with Gasteiger partial charge in [-0.1, -0.05) is 0 Å². The largest absolute Gasteiger partial charge is 0.315 e. The zero-order chi connectivity index (χ0) is 9.97. The molecule has 2 saturated heterocycles. The van der Waals surface area contributed by atoms with Crippen molar-refractivity contribution in [3.05, 3.63) is 0 Å². The van der Waals surface area contributed by atoms with Crippen LogP contribution in [-0.4, -0.2) is 37.1 Å². The second-order valence-electron chi connectivity index (χ2n) is 4.65. The summed E-state index contributed by atoms with van der Waals surface area (Å²) in [5, 5.41) is 12.3. The second-order valence-corrected chi connectivity index (χ2v) is 4.65. The molecular formula is C11H19N3. The van der Waals surface area contributed by atoms with Gasteiger partial charge in [0.2, 0.25) is 0 Å². The van der Waals surface area contributed by atoms with Gasteiger partial charge in [0, 0.05) is 19.1 Å². The van der Waals surface area contributed by atoms with Gasteiger partial charge in [-0.25, -0.2) is 0 Å². The van der Waals surface area contributed by atoms with E-state index < -0.39 is 0 Å². The third-order valence-electron chi connectivity index (χ3n) is 3.52. The van der Waals surface area contributed by atoms with Crippen LogP contribution in [0.25, 0.3) is 0 Å². The number of rotatable bonds is 2. The lowest BCUT2D eigenvalue weighted by Crippen LogP contribution is -2.46. The Kier molecular flexibility index (Phi) is 3.05. The Balaban J connectivity index is 1.94. The highest BCUT2D eigenvalue weighted by Crippen LogP contribution is 2.26. The number of likely N-dealkylation sites (tertiary alicyclic amines) is 1. The van der Waals surface area contributed by atoms with Crippen LogP contribution in [0.2, 0.25) is 0 Å². The van der Waals surface area contributed by atoms with Gasteiger partial charge in [-0.05, 0) is 38.8 Å². The van der Waals surface area contributed by atoms with Crippen LogP contribution < -0.4 is 5.32 Å². The lowest BCUT2D eigenvalue weighted by Gasteiger charge is -2.37. The Labute approximate surface area is 86.1 Å². The average Bonchev–Trinajstić information content (AvgIpc) is 2.66. The minimum Gasteiger partial charge on any atom is -0.315 e. The van der Waals surface area contributed by atoms with Gasteiger partial charge in [0.15, 0.2) is 0 Å². The third kappa shape index (κ3) is 1.92. The van der Waals surface area contributed by atoms with E-state index in [0.29, 0.717) is 6.04 Å². The van der Waals surface area contributed by atoms with Gasteiger partial charge >= 0.3 is 0 Å². The summed E-state index contributed by atoms with van der Waals surface area (Å²) in [5.74, 6) is 1.02. The first-order valence-corrected chi connectivity index (χ1v) is 5.65. The van der Waals surface area contributed by atoms with Gasteiger partial charge < -0.3 is 5.32 Å². The summed E-state index contributed by atoms with van der Waals surface area (Å²) < 4.78 is 0. The van der Waals surface area contributed by atoms with Crippen LogP contribution >= 0.6 is 0 Å². The topological polar surface area (TPSA) is 39.1 Å². The second kappa shape index (κ2) is 4.29. The first-order chi connectivity index (χ1) is 6.81. The molecule has 0 aliphatic carbocycles. The van der Waals surface area contributed by atoms with Crippen molar-refractivity contribution in [2.24, 2.45) is 11.8 Å². The Hall–Kier alpha value is -0.590. The molecule has 0 bridgehead atoms. The van der Waals surface area contributed by atoms with Gasteiger partial charge in [0.05, 0.1) is 12.0 Å². The van der Waals surface area contributed by atoms with Gasteiger partial charge in [0.25, 0.3) is 0 Å². The smallest absolute Gasteiger partial charge is 0.0666 e. The van der Waals surface area contributed by atoms with Crippen molar-refractivity contribution in [2.45, 2.75) is 25.8 Å². The molecule has 0 aromatic rings. The van der Waals surface area contributed by atoms with Crippen molar-refractivity contribution in [1.29, 1.82) is 5.26 Å². The Morgan fingerprint density at radius 2 is 2.43 bits per heavy atom. The molecule has 0 saturated carbocycles. The summed E-state index contributed by atoms with van der Waals surface area (Å²) in [6, 6.07) is 3.04. The monoisotopic (exact) mass is 193 g/mol. The lowest BCUT2D eigenvalue weighted by molar-refractivity contribution is 0.116. The van der Waals surface area contributed by atoms with Crippen LogP contribution in [0.1, 0.15) is 19.8 Å². The maximum atomic E-state index is 8.81. The van der Waals surface area contributed by atoms with Crippen LogP contribution in [0, 0.1) is 23.2 Å². The fourth-order valence-electron chi connectivity index (χ4n) is 2.78. The fraction of sp³-hybridized carbons (Fsp3) is 0.909. The van der Waals surface area contributed by atoms with Crippen molar-refractivity contribution in [3.63, 3.8) is 0 Å². The highest BCUT2D eigenvalue weighted by atomic mass is 15.2. The highest BCUT2D eigenvalue weighted by Gasteiger charge is 2.34. The molecule has 0 amide bonds. The molecule has 0 spiro atoms. The van der Waals surface area contributed by atoms with E-state index in [1.807, 2.05) is 6.92 Å². The summed E-state index contributed by atoms with van der Waals surface area (Å²) >= 11 is 0. The molecular weight excluding hydrogens is 174 g/mol. The van der Waals surface area contributed by atoms with E-state index in [1.165, 1.54) is 25.9 Å². The number of hydrogen-bond acceptors (Lipinski definition) is 3. The number of fused-ring (bicyclic) bond motifs is 1. The molecule has 1 unspecified atom stereocenters. The molecule has 0 aromatic carbocycles. The molecule has 2 fully saturated rings. The van der Waals surface area contributed by atoms with Crippen LogP contribution in [0.15, 0.2) is 0 Å². The molecule has 2 rings (SSSR count). The zero-order valence-electron chi connectivity index (χ0n) is 8.87. The molecule has 2 aliphatic heterocycles. The Morgan fingerprint density at radius 3 is 3.21 bits per heavy atom. The van der Waals surface area contributed by atoms with Crippen molar-refractivity contribution < 1.29 is 0 Å². The Morgan fingerprint density at radius 1 is 1.57 bits per heavy atom. The van der Waals surface area contributed by atoms with Crippen LogP contribution in [0.4, 0.5) is 0 Å². The number of nitriles is 1. The van der Waals surface area contributed by atoms with Crippen LogP contribution in [-0.2, 0) is 0 Å². The van der Waals surface area contributed by atoms with Gasteiger partial charge in [-0.15, -0.1) is 0 Å². The first kappa shape index (κ1) is 9.95. The first-order valence-electron chi connectivity index (χ1n) is 5.65. The molecule has 78 valence electrons. The lowest BCUT2D eigenvalue weighted by atomic mass is 9.91. The number of hydrogen-bond donors (Lipinski definition) is 1. The van der Waals surface area contributed by atoms with Crippen LogP contribution in [0.5, 0.6) is 0 Å². The van der Waals surface area contributed by atoms with Gasteiger partial charge in [0.1, 0.15) is 0 Å². The fourth-order valence-corrected chi connectivity index (χ4v) is 2.78.